The Kier molecular flexibility index (Phi) is 5.06. The number of carbonyl (C=O) groups excluding carboxylic acids is 1. The third kappa shape index (κ3) is 3.67. The first-order chi connectivity index (χ1) is 7.54. The van der Waals surface area contributed by atoms with Gasteiger partial charge in [-0.05, 0) is 24.6 Å². The molecule has 3 N–H and O–H groups in total. The molecule has 1 aromatic carbocycles. The quantitative estimate of drug-likeness (QED) is 0.875. The maximum Gasteiger partial charge on any atom is 0.241 e. The Labute approximate surface area is 105 Å². The van der Waals surface area contributed by atoms with Crippen molar-refractivity contribution in [2.45, 2.75) is 25.8 Å². The van der Waals surface area contributed by atoms with E-state index in [0.717, 1.165) is 6.42 Å². The maximum atomic E-state index is 11.6. The van der Waals surface area contributed by atoms with Gasteiger partial charge < -0.3 is 11.1 Å². The normalized spacial score (nSPS) is 12.2. The molecule has 0 radical (unpaired) electrons. The van der Waals surface area contributed by atoms with E-state index in [9.17, 15) is 4.79 Å². The molecule has 3 nitrogen and oxygen atoms in total. The smallest absolute Gasteiger partial charge is 0.241 e. The molecule has 0 saturated carbocycles. The first-order valence-corrected chi connectivity index (χ1v) is 5.81. The predicted molar refractivity (Wildman–Crippen MR) is 68.0 cm³/mol. The van der Waals surface area contributed by atoms with Crippen LogP contribution in [0, 0.1) is 0 Å². The van der Waals surface area contributed by atoms with Crippen LogP contribution in [0.1, 0.15) is 19.8 Å². The van der Waals surface area contributed by atoms with Crippen molar-refractivity contribution < 1.29 is 4.79 Å². The summed E-state index contributed by atoms with van der Waals surface area (Å²) in [6.07, 6.45) is 1.53. The Morgan fingerprint density at radius 2 is 2.12 bits per heavy atom. The van der Waals surface area contributed by atoms with Gasteiger partial charge in [-0.25, -0.2) is 0 Å². The van der Waals surface area contributed by atoms with E-state index in [2.05, 4.69) is 5.32 Å². The molecule has 0 bridgehead atoms. The van der Waals surface area contributed by atoms with E-state index in [-0.39, 0.29) is 5.91 Å². The molecule has 0 aromatic heterocycles. The zero-order valence-corrected chi connectivity index (χ0v) is 10.5. The van der Waals surface area contributed by atoms with E-state index in [1.807, 2.05) is 6.92 Å². The van der Waals surface area contributed by atoms with Gasteiger partial charge in [0.05, 0.1) is 16.1 Å². The van der Waals surface area contributed by atoms with Crippen molar-refractivity contribution in [2.24, 2.45) is 5.73 Å². The lowest BCUT2D eigenvalue weighted by Gasteiger charge is -2.11. The van der Waals surface area contributed by atoms with Crippen LogP contribution in [0.15, 0.2) is 18.2 Å². The molecule has 0 aliphatic carbocycles. The van der Waals surface area contributed by atoms with Crippen LogP contribution in [0.4, 0.5) is 5.69 Å². The Morgan fingerprint density at radius 3 is 2.69 bits per heavy atom. The molecular weight excluding hydrogens is 247 g/mol. The van der Waals surface area contributed by atoms with E-state index in [0.29, 0.717) is 22.2 Å². The highest BCUT2D eigenvalue weighted by Crippen LogP contribution is 2.25. The number of nitrogens with one attached hydrogen (secondary N) is 1. The summed E-state index contributed by atoms with van der Waals surface area (Å²) in [6.45, 7) is 1.98. The Hall–Kier alpha value is -0.770. The molecule has 88 valence electrons. The molecule has 1 amide bonds. The van der Waals surface area contributed by atoms with Crippen LogP contribution in [-0.4, -0.2) is 11.9 Å². The Morgan fingerprint density at radius 1 is 1.44 bits per heavy atom. The molecule has 0 fully saturated rings. The number of benzene rings is 1. The fourth-order valence-corrected chi connectivity index (χ4v) is 1.55. The highest BCUT2D eigenvalue weighted by Gasteiger charge is 2.12. The topological polar surface area (TPSA) is 55.1 Å². The van der Waals surface area contributed by atoms with Gasteiger partial charge in [-0.2, -0.15) is 0 Å². The third-order valence-corrected chi connectivity index (χ3v) is 2.86. The minimum Gasteiger partial charge on any atom is -0.325 e. The first kappa shape index (κ1) is 13.3. The van der Waals surface area contributed by atoms with Crippen molar-refractivity contribution in [3.8, 4) is 0 Å². The number of rotatable bonds is 4. The average molecular weight is 261 g/mol. The number of nitrogens with two attached hydrogens (primary N) is 1. The lowest BCUT2D eigenvalue weighted by molar-refractivity contribution is -0.117. The van der Waals surface area contributed by atoms with Crippen LogP contribution in [0.25, 0.3) is 0 Å². The fraction of sp³-hybridized carbons (Fsp3) is 0.364. The molecule has 1 rings (SSSR count). The molecule has 16 heavy (non-hydrogen) atoms. The summed E-state index contributed by atoms with van der Waals surface area (Å²) < 4.78 is 0. The summed E-state index contributed by atoms with van der Waals surface area (Å²) >= 11 is 11.6. The Balaban J connectivity index is 2.66. The van der Waals surface area contributed by atoms with E-state index in [1.165, 1.54) is 0 Å². The second-order valence-electron chi connectivity index (χ2n) is 3.51. The number of carbonyl (C=O) groups is 1. The molecule has 0 spiro atoms. The first-order valence-electron chi connectivity index (χ1n) is 5.06. The molecule has 1 aromatic rings. The zero-order chi connectivity index (χ0) is 12.1. The van der Waals surface area contributed by atoms with Crippen molar-refractivity contribution in [1.82, 2.24) is 0 Å². The highest BCUT2D eigenvalue weighted by atomic mass is 35.5. The molecule has 0 aliphatic heterocycles. The monoisotopic (exact) mass is 260 g/mol. The van der Waals surface area contributed by atoms with E-state index >= 15 is 0 Å². The second-order valence-corrected chi connectivity index (χ2v) is 4.33. The summed E-state index contributed by atoms with van der Waals surface area (Å²) in [7, 11) is 0. The van der Waals surface area contributed by atoms with E-state index < -0.39 is 6.04 Å². The molecule has 0 unspecified atom stereocenters. The zero-order valence-electron chi connectivity index (χ0n) is 8.97. The van der Waals surface area contributed by atoms with Crippen molar-refractivity contribution in [1.29, 1.82) is 0 Å². The largest absolute Gasteiger partial charge is 0.325 e. The molecule has 0 aliphatic rings. The van der Waals surface area contributed by atoms with Crippen LogP contribution in [0.5, 0.6) is 0 Å². The van der Waals surface area contributed by atoms with Crippen molar-refractivity contribution in [2.75, 3.05) is 5.32 Å². The number of halogens is 2. The minimum atomic E-state index is -0.487. The van der Waals surface area contributed by atoms with Crippen LogP contribution < -0.4 is 11.1 Å². The van der Waals surface area contributed by atoms with E-state index in [1.54, 1.807) is 18.2 Å². The number of hydrogen-bond acceptors (Lipinski definition) is 2. The number of hydrogen-bond donors (Lipinski definition) is 2. The summed E-state index contributed by atoms with van der Waals surface area (Å²) in [5.74, 6) is -0.208. The molecule has 1 atom stereocenters. The Bertz CT molecular complexity index is 382. The minimum absolute atomic E-state index is 0.208. The van der Waals surface area contributed by atoms with Gasteiger partial charge in [0, 0.05) is 5.69 Å². The standard InChI is InChI=1S/C11H14Cl2N2O/c1-2-3-10(14)11(16)15-7-4-5-8(12)9(13)6-7/h4-6,10H,2-3,14H2,1H3,(H,15,16)/t10-/m1/s1. The molecule has 0 saturated heterocycles. The molecule has 0 heterocycles. The van der Waals surface area contributed by atoms with Gasteiger partial charge in [-0.1, -0.05) is 36.5 Å². The summed E-state index contributed by atoms with van der Waals surface area (Å²) in [6, 6.07) is 4.43. The molecule has 5 heteroatoms. The van der Waals surface area contributed by atoms with Gasteiger partial charge >= 0.3 is 0 Å². The summed E-state index contributed by atoms with van der Waals surface area (Å²) in [5.41, 5.74) is 6.28. The van der Waals surface area contributed by atoms with Gasteiger partial charge in [-0.15, -0.1) is 0 Å². The van der Waals surface area contributed by atoms with Gasteiger partial charge in [0.2, 0.25) is 5.91 Å². The molecular formula is C11H14Cl2N2O. The predicted octanol–water partition coefficient (Wildman–Crippen LogP) is 3.06. The lowest BCUT2D eigenvalue weighted by atomic mass is 10.1. The summed E-state index contributed by atoms with van der Waals surface area (Å²) in [5, 5.41) is 3.55. The van der Waals surface area contributed by atoms with Gasteiger partial charge in [0.15, 0.2) is 0 Å². The van der Waals surface area contributed by atoms with Crippen molar-refractivity contribution >= 4 is 34.8 Å². The highest BCUT2D eigenvalue weighted by molar-refractivity contribution is 6.42. The fourth-order valence-electron chi connectivity index (χ4n) is 1.25. The van der Waals surface area contributed by atoms with Crippen molar-refractivity contribution in [3.63, 3.8) is 0 Å². The third-order valence-electron chi connectivity index (χ3n) is 2.12. The maximum absolute atomic E-state index is 11.6. The summed E-state index contributed by atoms with van der Waals surface area (Å²) in [4.78, 5) is 11.6. The number of anilines is 1. The van der Waals surface area contributed by atoms with Gasteiger partial charge in [-0.3, -0.25) is 4.79 Å². The van der Waals surface area contributed by atoms with E-state index in [4.69, 9.17) is 28.9 Å². The van der Waals surface area contributed by atoms with Crippen LogP contribution in [0.3, 0.4) is 0 Å². The van der Waals surface area contributed by atoms with Crippen LogP contribution >= 0.6 is 23.2 Å². The van der Waals surface area contributed by atoms with Crippen LogP contribution in [0.2, 0.25) is 10.0 Å². The van der Waals surface area contributed by atoms with Crippen molar-refractivity contribution in [3.05, 3.63) is 28.2 Å². The number of amides is 1. The van der Waals surface area contributed by atoms with Gasteiger partial charge in [0.25, 0.3) is 0 Å². The second kappa shape index (κ2) is 6.09. The van der Waals surface area contributed by atoms with Crippen LogP contribution in [-0.2, 0) is 4.79 Å². The SMILES string of the molecule is CCC[C@@H](N)C(=O)Nc1ccc(Cl)c(Cl)c1. The lowest BCUT2D eigenvalue weighted by Crippen LogP contribution is -2.35. The van der Waals surface area contributed by atoms with Gasteiger partial charge in [0.1, 0.15) is 0 Å². The average Bonchev–Trinajstić information content (AvgIpc) is 2.24.